The van der Waals surface area contributed by atoms with Crippen LogP contribution in [-0.4, -0.2) is 35.0 Å². The minimum absolute atomic E-state index is 0.0171. The standard InChI is InChI=1S/C9H8F6O4/c1-2-7(10,11)8(12,9(13,14)15)19-6(18)4-3-5(16)17/h3-4H,2H2,1H3,(H,16,17). The third-order valence-electron chi connectivity index (χ3n) is 1.88. The molecule has 0 spiro atoms. The number of hydrogen-bond acceptors (Lipinski definition) is 3. The second-order valence-corrected chi connectivity index (χ2v) is 3.24. The van der Waals surface area contributed by atoms with Gasteiger partial charge in [-0.05, 0) is 0 Å². The Balaban J connectivity index is 5.33. The Morgan fingerprint density at radius 1 is 1.11 bits per heavy atom. The normalized spacial score (nSPS) is 16.2. The van der Waals surface area contributed by atoms with Gasteiger partial charge in [-0.1, -0.05) is 6.92 Å². The molecule has 19 heavy (non-hydrogen) atoms. The molecule has 1 atom stereocenters. The van der Waals surface area contributed by atoms with Crippen molar-refractivity contribution in [3.05, 3.63) is 12.2 Å². The quantitative estimate of drug-likeness (QED) is 0.480. The highest BCUT2D eigenvalue weighted by atomic mass is 19.4. The molecule has 0 bridgehead atoms. The fourth-order valence-electron chi connectivity index (χ4n) is 0.879. The van der Waals surface area contributed by atoms with Gasteiger partial charge >= 0.3 is 29.9 Å². The van der Waals surface area contributed by atoms with E-state index in [-0.39, 0.29) is 12.2 Å². The molecule has 1 N–H and O–H groups in total. The van der Waals surface area contributed by atoms with E-state index in [2.05, 4.69) is 4.74 Å². The summed E-state index contributed by atoms with van der Waals surface area (Å²) >= 11 is 0. The molecule has 0 saturated carbocycles. The van der Waals surface area contributed by atoms with E-state index in [1.807, 2.05) is 0 Å². The summed E-state index contributed by atoms with van der Waals surface area (Å²) in [5, 5.41) is 8.07. The average Bonchev–Trinajstić information content (AvgIpc) is 2.24. The summed E-state index contributed by atoms with van der Waals surface area (Å²) in [7, 11) is 0. The lowest BCUT2D eigenvalue weighted by molar-refractivity contribution is -0.385. The number of hydrogen-bond donors (Lipinski definition) is 1. The van der Waals surface area contributed by atoms with Crippen molar-refractivity contribution in [1.82, 2.24) is 0 Å². The molecular weight excluding hydrogens is 286 g/mol. The van der Waals surface area contributed by atoms with Gasteiger partial charge in [0.25, 0.3) is 0 Å². The van der Waals surface area contributed by atoms with E-state index in [1.54, 1.807) is 0 Å². The highest BCUT2D eigenvalue weighted by molar-refractivity contribution is 5.90. The van der Waals surface area contributed by atoms with Gasteiger partial charge in [0.2, 0.25) is 0 Å². The van der Waals surface area contributed by atoms with Crippen molar-refractivity contribution in [2.24, 2.45) is 0 Å². The van der Waals surface area contributed by atoms with Crippen LogP contribution in [0.1, 0.15) is 13.3 Å². The molecule has 0 amide bonds. The van der Waals surface area contributed by atoms with Crippen LogP contribution in [0.4, 0.5) is 26.3 Å². The first-order valence-electron chi connectivity index (χ1n) is 4.65. The third-order valence-corrected chi connectivity index (χ3v) is 1.88. The molecule has 0 aromatic rings. The Hall–Kier alpha value is -1.74. The summed E-state index contributed by atoms with van der Waals surface area (Å²) in [5.41, 5.74) is 0. The van der Waals surface area contributed by atoms with E-state index < -0.39 is 36.3 Å². The van der Waals surface area contributed by atoms with Gasteiger partial charge in [0.1, 0.15) is 0 Å². The third kappa shape index (κ3) is 3.86. The molecule has 4 nitrogen and oxygen atoms in total. The second kappa shape index (κ2) is 5.49. The zero-order valence-corrected chi connectivity index (χ0v) is 9.30. The summed E-state index contributed by atoms with van der Waals surface area (Å²) < 4.78 is 79.1. The van der Waals surface area contributed by atoms with Gasteiger partial charge in [0.05, 0.1) is 0 Å². The Bertz CT molecular complexity index is 389. The van der Waals surface area contributed by atoms with Gasteiger partial charge in [0.15, 0.2) is 0 Å². The lowest BCUT2D eigenvalue weighted by Gasteiger charge is -2.32. The highest BCUT2D eigenvalue weighted by Crippen LogP contribution is 2.47. The maximum absolute atomic E-state index is 13.4. The first-order valence-corrected chi connectivity index (χ1v) is 4.65. The number of carboxylic acid groups (broad SMARTS) is 1. The summed E-state index contributed by atoms with van der Waals surface area (Å²) in [6, 6.07) is 0. The fraction of sp³-hybridized carbons (Fsp3) is 0.556. The van der Waals surface area contributed by atoms with Gasteiger partial charge in [0, 0.05) is 18.6 Å². The smallest absolute Gasteiger partial charge is 0.467 e. The van der Waals surface area contributed by atoms with Crippen molar-refractivity contribution < 1.29 is 45.8 Å². The monoisotopic (exact) mass is 294 g/mol. The van der Waals surface area contributed by atoms with Crippen LogP contribution < -0.4 is 0 Å². The lowest BCUT2D eigenvalue weighted by Crippen LogP contribution is -2.57. The van der Waals surface area contributed by atoms with Crippen LogP contribution >= 0.6 is 0 Å². The molecule has 0 saturated heterocycles. The number of halogens is 6. The van der Waals surface area contributed by atoms with Crippen molar-refractivity contribution in [3.63, 3.8) is 0 Å². The molecule has 0 aliphatic rings. The molecule has 110 valence electrons. The molecule has 0 fully saturated rings. The number of alkyl halides is 6. The summed E-state index contributed by atoms with van der Waals surface area (Å²) in [6.07, 6.45) is -7.87. The van der Waals surface area contributed by atoms with Crippen LogP contribution in [0.25, 0.3) is 0 Å². The highest BCUT2D eigenvalue weighted by Gasteiger charge is 2.73. The minimum atomic E-state index is -6.18. The molecule has 0 aliphatic heterocycles. The maximum atomic E-state index is 13.4. The van der Waals surface area contributed by atoms with Crippen molar-refractivity contribution in [3.8, 4) is 0 Å². The van der Waals surface area contributed by atoms with E-state index in [9.17, 15) is 35.9 Å². The van der Waals surface area contributed by atoms with Crippen LogP contribution in [0.5, 0.6) is 0 Å². The van der Waals surface area contributed by atoms with Crippen molar-refractivity contribution >= 4 is 11.9 Å². The summed E-state index contributed by atoms with van der Waals surface area (Å²) in [4.78, 5) is 20.7. The van der Waals surface area contributed by atoms with Crippen LogP contribution in [0.15, 0.2) is 12.2 Å². The van der Waals surface area contributed by atoms with Crippen molar-refractivity contribution in [2.45, 2.75) is 31.3 Å². The summed E-state index contributed by atoms with van der Waals surface area (Å²) in [5.74, 6) is -14.5. The number of esters is 1. The molecule has 1 unspecified atom stereocenters. The van der Waals surface area contributed by atoms with E-state index in [4.69, 9.17) is 5.11 Å². The topological polar surface area (TPSA) is 63.6 Å². The van der Waals surface area contributed by atoms with Crippen LogP contribution in [0.3, 0.4) is 0 Å². The van der Waals surface area contributed by atoms with E-state index >= 15 is 0 Å². The number of rotatable bonds is 5. The molecule has 0 aliphatic carbocycles. The molecular formula is C9H8F6O4. The van der Waals surface area contributed by atoms with Gasteiger partial charge in [-0.25, -0.2) is 9.59 Å². The van der Waals surface area contributed by atoms with Gasteiger partial charge in [-0.15, -0.1) is 0 Å². The van der Waals surface area contributed by atoms with Crippen LogP contribution in [0, 0.1) is 0 Å². The predicted molar refractivity (Wildman–Crippen MR) is 48.0 cm³/mol. The number of carbonyl (C=O) groups is 2. The molecule has 10 heteroatoms. The van der Waals surface area contributed by atoms with E-state index in [1.165, 1.54) is 0 Å². The average molecular weight is 294 g/mol. The number of ether oxygens (including phenoxy) is 1. The fourth-order valence-corrected chi connectivity index (χ4v) is 0.879. The maximum Gasteiger partial charge on any atom is 0.467 e. The van der Waals surface area contributed by atoms with Gasteiger partial charge in [-0.2, -0.15) is 26.3 Å². The van der Waals surface area contributed by atoms with E-state index in [0.29, 0.717) is 6.92 Å². The van der Waals surface area contributed by atoms with Crippen LogP contribution in [0.2, 0.25) is 0 Å². The molecule has 0 aromatic heterocycles. The summed E-state index contributed by atoms with van der Waals surface area (Å²) in [6.45, 7) is 0.557. The SMILES string of the molecule is CCC(F)(F)C(F)(OC(=O)C=CC(=O)O)C(F)(F)F. The first kappa shape index (κ1) is 17.3. The number of carboxylic acids is 1. The zero-order chi connectivity index (χ0) is 15.5. The molecule has 0 rings (SSSR count). The number of aliphatic carboxylic acids is 1. The van der Waals surface area contributed by atoms with Gasteiger partial charge < -0.3 is 9.84 Å². The second-order valence-electron chi connectivity index (χ2n) is 3.24. The first-order chi connectivity index (χ1) is 8.37. The lowest BCUT2D eigenvalue weighted by atomic mass is 10.1. The van der Waals surface area contributed by atoms with Gasteiger partial charge in [-0.3, -0.25) is 0 Å². The van der Waals surface area contributed by atoms with Crippen molar-refractivity contribution in [2.75, 3.05) is 0 Å². The van der Waals surface area contributed by atoms with Crippen molar-refractivity contribution in [1.29, 1.82) is 0 Å². The Kier molecular flexibility index (Phi) is 4.99. The Morgan fingerprint density at radius 3 is 1.89 bits per heavy atom. The minimum Gasteiger partial charge on any atom is -0.478 e. The largest absolute Gasteiger partial charge is 0.478 e. The molecule has 0 heterocycles. The Labute approximate surface area is 102 Å². The zero-order valence-electron chi connectivity index (χ0n) is 9.30. The molecule has 0 aromatic carbocycles. The molecule has 0 radical (unpaired) electrons. The Morgan fingerprint density at radius 2 is 1.58 bits per heavy atom. The van der Waals surface area contributed by atoms with E-state index in [0.717, 1.165) is 0 Å². The number of carbonyl (C=O) groups excluding carboxylic acids is 1. The predicted octanol–water partition coefficient (Wildman–Crippen LogP) is 2.44. The van der Waals surface area contributed by atoms with Crippen LogP contribution in [-0.2, 0) is 14.3 Å².